The van der Waals surface area contributed by atoms with Gasteiger partial charge in [-0.15, -0.1) is 0 Å². The van der Waals surface area contributed by atoms with E-state index in [1.807, 2.05) is 12.1 Å². The van der Waals surface area contributed by atoms with E-state index < -0.39 is 10.8 Å². The van der Waals surface area contributed by atoms with Crippen LogP contribution in [0.4, 0.5) is 5.69 Å². The minimum atomic E-state index is -0.624. The van der Waals surface area contributed by atoms with Gasteiger partial charge in [-0.1, -0.05) is 6.07 Å². The maximum Gasteiger partial charge on any atom is 0.286 e. The molecule has 1 N–H and O–H groups in total. The highest BCUT2D eigenvalue weighted by molar-refractivity contribution is 5.99. The molecule has 0 heterocycles. The van der Waals surface area contributed by atoms with E-state index in [1.165, 1.54) is 19.2 Å². The molecule has 0 aliphatic heterocycles. The van der Waals surface area contributed by atoms with Crippen LogP contribution in [0.15, 0.2) is 30.3 Å². The number of ether oxygens (including phenoxy) is 4. The van der Waals surface area contributed by atoms with Crippen LogP contribution in [-0.2, 0) is 6.42 Å². The summed E-state index contributed by atoms with van der Waals surface area (Å²) in [6.07, 6.45) is 0.508. The Hall–Kier alpha value is -3.49. The molecule has 0 fully saturated rings. The summed E-state index contributed by atoms with van der Waals surface area (Å²) in [6, 6.07) is 7.96. The van der Waals surface area contributed by atoms with Crippen molar-refractivity contribution in [2.45, 2.75) is 13.3 Å². The zero-order chi connectivity index (χ0) is 21.4. The van der Waals surface area contributed by atoms with E-state index in [-0.39, 0.29) is 29.3 Å². The van der Waals surface area contributed by atoms with E-state index >= 15 is 0 Å². The Morgan fingerprint density at radius 2 is 1.66 bits per heavy atom. The molecule has 0 saturated carbocycles. The first-order chi connectivity index (χ1) is 13.9. The fourth-order valence-corrected chi connectivity index (χ4v) is 2.76. The Morgan fingerprint density at radius 1 is 1.00 bits per heavy atom. The maximum absolute atomic E-state index is 12.6. The Morgan fingerprint density at radius 3 is 2.24 bits per heavy atom. The minimum absolute atomic E-state index is 0.0911. The average Bonchev–Trinajstić information content (AvgIpc) is 2.73. The second-order valence-corrected chi connectivity index (χ2v) is 5.91. The van der Waals surface area contributed by atoms with Crippen molar-refractivity contribution in [3.8, 4) is 23.0 Å². The van der Waals surface area contributed by atoms with E-state index in [4.69, 9.17) is 18.9 Å². The molecule has 0 atom stereocenters. The number of hydrogen-bond acceptors (Lipinski definition) is 7. The number of carbonyl (C=O) groups excluding carboxylic acids is 1. The van der Waals surface area contributed by atoms with Crippen LogP contribution in [0.1, 0.15) is 22.8 Å². The molecule has 0 bridgehead atoms. The van der Waals surface area contributed by atoms with Gasteiger partial charge in [0, 0.05) is 12.6 Å². The van der Waals surface area contributed by atoms with E-state index in [1.54, 1.807) is 27.2 Å². The van der Waals surface area contributed by atoms with Gasteiger partial charge in [0.2, 0.25) is 0 Å². The number of nitro groups is 1. The van der Waals surface area contributed by atoms with Gasteiger partial charge in [0.05, 0.1) is 38.9 Å². The molecule has 156 valence electrons. The number of rotatable bonds is 10. The summed E-state index contributed by atoms with van der Waals surface area (Å²) in [5.41, 5.74) is 0.475. The molecule has 2 rings (SSSR count). The first-order valence-electron chi connectivity index (χ1n) is 8.93. The van der Waals surface area contributed by atoms with Crippen LogP contribution in [0.5, 0.6) is 23.0 Å². The predicted octanol–water partition coefficient (Wildman–Crippen LogP) is 2.99. The topological polar surface area (TPSA) is 109 Å². The van der Waals surface area contributed by atoms with Crippen molar-refractivity contribution in [1.82, 2.24) is 5.32 Å². The summed E-state index contributed by atoms with van der Waals surface area (Å²) in [4.78, 5) is 23.4. The highest BCUT2D eigenvalue weighted by Crippen LogP contribution is 2.34. The number of hydrogen-bond donors (Lipinski definition) is 1. The van der Waals surface area contributed by atoms with Crippen molar-refractivity contribution in [3.05, 3.63) is 51.6 Å². The third-order valence-electron chi connectivity index (χ3n) is 4.17. The first kappa shape index (κ1) is 21.8. The summed E-state index contributed by atoms with van der Waals surface area (Å²) in [7, 11) is 4.47. The normalized spacial score (nSPS) is 10.2. The van der Waals surface area contributed by atoms with Crippen LogP contribution in [0, 0.1) is 10.1 Å². The molecule has 9 nitrogen and oxygen atoms in total. The van der Waals surface area contributed by atoms with Crippen molar-refractivity contribution in [2.75, 3.05) is 34.5 Å². The summed E-state index contributed by atoms with van der Waals surface area (Å²) >= 11 is 0. The second kappa shape index (κ2) is 10.2. The Balaban J connectivity index is 2.15. The van der Waals surface area contributed by atoms with Gasteiger partial charge in [0.1, 0.15) is 5.56 Å². The lowest BCUT2D eigenvalue weighted by atomic mass is 10.1. The number of benzene rings is 2. The van der Waals surface area contributed by atoms with Crippen LogP contribution in [-0.4, -0.2) is 45.3 Å². The Bertz CT molecular complexity index is 883. The van der Waals surface area contributed by atoms with E-state index in [2.05, 4.69) is 5.32 Å². The number of amides is 1. The lowest BCUT2D eigenvalue weighted by Crippen LogP contribution is -2.26. The van der Waals surface area contributed by atoms with Crippen LogP contribution in [0.25, 0.3) is 0 Å². The van der Waals surface area contributed by atoms with Gasteiger partial charge in [0.15, 0.2) is 23.0 Å². The lowest BCUT2D eigenvalue weighted by molar-refractivity contribution is -0.385. The third kappa shape index (κ3) is 5.28. The van der Waals surface area contributed by atoms with E-state index in [0.717, 1.165) is 5.56 Å². The molecule has 1 amide bonds. The van der Waals surface area contributed by atoms with Crippen molar-refractivity contribution >= 4 is 11.6 Å². The Kier molecular flexibility index (Phi) is 7.64. The highest BCUT2D eigenvalue weighted by Gasteiger charge is 2.24. The lowest BCUT2D eigenvalue weighted by Gasteiger charge is -2.12. The number of nitrogens with zero attached hydrogens (tertiary/aromatic N) is 1. The highest BCUT2D eigenvalue weighted by atomic mass is 16.6. The summed E-state index contributed by atoms with van der Waals surface area (Å²) in [5, 5.41) is 14.1. The molecule has 0 saturated heterocycles. The molecular weight excluding hydrogens is 380 g/mol. The van der Waals surface area contributed by atoms with Crippen LogP contribution in [0.3, 0.4) is 0 Å². The molecule has 0 spiro atoms. The van der Waals surface area contributed by atoms with Gasteiger partial charge in [-0.25, -0.2) is 0 Å². The molecular formula is C20H24N2O7. The first-order valence-corrected chi connectivity index (χ1v) is 8.93. The minimum Gasteiger partial charge on any atom is -0.493 e. The van der Waals surface area contributed by atoms with Gasteiger partial charge in [-0.3, -0.25) is 14.9 Å². The monoisotopic (exact) mass is 404 g/mol. The van der Waals surface area contributed by atoms with E-state index in [9.17, 15) is 14.9 Å². The van der Waals surface area contributed by atoms with Crippen LogP contribution >= 0.6 is 0 Å². The standard InChI is InChI=1S/C20H24N2O7/c1-5-29-19-11-14(15(22(24)25)12-18(19)28-4)20(23)21-9-8-13-6-7-16(26-2)17(10-13)27-3/h6-7,10-12H,5,8-9H2,1-4H3,(H,21,23). The van der Waals surface area contributed by atoms with E-state index in [0.29, 0.717) is 24.5 Å². The number of nitro benzene ring substituents is 1. The van der Waals surface area contributed by atoms with Crippen LogP contribution < -0.4 is 24.3 Å². The van der Waals surface area contributed by atoms with Crippen molar-refractivity contribution in [3.63, 3.8) is 0 Å². The fraction of sp³-hybridized carbons (Fsp3) is 0.350. The largest absolute Gasteiger partial charge is 0.493 e. The van der Waals surface area contributed by atoms with Gasteiger partial charge in [-0.05, 0) is 31.0 Å². The van der Waals surface area contributed by atoms with Crippen molar-refractivity contribution in [2.24, 2.45) is 0 Å². The zero-order valence-electron chi connectivity index (χ0n) is 16.8. The quantitative estimate of drug-likeness (QED) is 0.479. The number of carbonyl (C=O) groups is 1. The molecule has 0 aromatic heterocycles. The van der Waals surface area contributed by atoms with Crippen molar-refractivity contribution in [1.29, 1.82) is 0 Å². The molecule has 9 heteroatoms. The van der Waals surface area contributed by atoms with Gasteiger partial charge in [-0.2, -0.15) is 0 Å². The second-order valence-electron chi connectivity index (χ2n) is 5.91. The molecule has 2 aromatic rings. The molecule has 0 aliphatic rings. The summed E-state index contributed by atoms with van der Waals surface area (Å²) in [6.45, 7) is 2.37. The molecule has 29 heavy (non-hydrogen) atoms. The fourth-order valence-electron chi connectivity index (χ4n) is 2.76. The number of methoxy groups -OCH3 is 3. The predicted molar refractivity (Wildman–Crippen MR) is 106 cm³/mol. The summed E-state index contributed by atoms with van der Waals surface area (Å²) in [5.74, 6) is 1.09. The third-order valence-corrected chi connectivity index (χ3v) is 4.17. The maximum atomic E-state index is 12.6. The summed E-state index contributed by atoms with van der Waals surface area (Å²) < 4.78 is 21.0. The smallest absolute Gasteiger partial charge is 0.286 e. The Labute approximate surface area is 168 Å². The van der Waals surface area contributed by atoms with Gasteiger partial charge >= 0.3 is 0 Å². The SMILES string of the molecule is CCOc1cc(C(=O)NCCc2ccc(OC)c(OC)c2)c([N+](=O)[O-])cc1OC. The molecule has 2 aromatic carbocycles. The van der Waals surface area contributed by atoms with Gasteiger partial charge < -0.3 is 24.3 Å². The number of nitrogens with one attached hydrogen (secondary N) is 1. The van der Waals surface area contributed by atoms with Gasteiger partial charge in [0.25, 0.3) is 11.6 Å². The average molecular weight is 404 g/mol. The zero-order valence-corrected chi connectivity index (χ0v) is 16.8. The molecule has 0 aliphatic carbocycles. The molecule has 0 unspecified atom stereocenters. The molecule has 0 radical (unpaired) electrons. The van der Waals surface area contributed by atoms with Crippen LogP contribution in [0.2, 0.25) is 0 Å². The van der Waals surface area contributed by atoms with Crippen molar-refractivity contribution < 1.29 is 28.7 Å².